The summed E-state index contributed by atoms with van der Waals surface area (Å²) in [5, 5.41) is 11.2. The van der Waals surface area contributed by atoms with Crippen LogP contribution in [-0.2, 0) is 41.6 Å². The first kappa shape index (κ1) is 41.9. The number of nitrogens with zero attached hydrogens (tertiary/aromatic N) is 2. The first-order valence-electron chi connectivity index (χ1n) is 18.1. The maximum Gasteiger partial charge on any atom is 0.328 e. The number of ether oxygens (including phenoxy) is 1. The normalized spacial score (nSPS) is 15.9. The van der Waals surface area contributed by atoms with Gasteiger partial charge in [-0.2, -0.15) is 0 Å². The lowest BCUT2D eigenvalue weighted by molar-refractivity contribution is -0.150. The third kappa shape index (κ3) is 11.8. The summed E-state index contributed by atoms with van der Waals surface area (Å²) in [5.74, 6) is -3.53. The van der Waals surface area contributed by atoms with Crippen molar-refractivity contribution >= 4 is 58.1 Å². The highest BCUT2D eigenvalue weighted by Gasteiger charge is 2.43. The van der Waals surface area contributed by atoms with Crippen LogP contribution in [0.1, 0.15) is 62.2 Å². The fourth-order valence-corrected chi connectivity index (χ4v) is 6.45. The number of halogens is 1. The number of rotatable bonds is 17. The number of hydrogen-bond acceptors (Lipinski definition) is 8. The second kappa shape index (κ2) is 20.0. The van der Waals surface area contributed by atoms with Gasteiger partial charge in [0.2, 0.25) is 23.6 Å². The Morgan fingerprint density at radius 3 is 1.96 bits per heavy atom. The highest BCUT2D eigenvalue weighted by atomic mass is 127. The summed E-state index contributed by atoms with van der Waals surface area (Å²) >= 11 is 2.18. The summed E-state index contributed by atoms with van der Waals surface area (Å²) in [5.41, 5.74) is 1.75. The van der Waals surface area contributed by atoms with Crippen molar-refractivity contribution in [2.24, 2.45) is 11.8 Å². The predicted molar refractivity (Wildman–Crippen MR) is 211 cm³/mol. The molecule has 2 aromatic carbocycles. The second-order valence-electron chi connectivity index (χ2n) is 14.1. The molecule has 13 nitrogen and oxygen atoms in total. The van der Waals surface area contributed by atoms with Gasteiger partial charge >= 0.3 is 5.97 Å². The molecule has 1 fully saturated rings. The summed E-state index contributed by atoms with van der Waals surface area (Å²) in [6, 6.07) is 16.7. The van der Waals surface area contributed by atoms with Crippen LogP contribution < -0.4 is 21.3 Å². The van der Waals surface area contributed by atoms with Gasteiger partial charge in [0.1, 0.15) is 35.9 Å². The Labute approximate surface area is 329 Å². The van der Waals surface area contributed by atoms with E-state index in [0.717, 1.165) is 14.7 Å². The number of esters is 1. The van der Waals surface area contributed by atoms with E-state index in [1.165, 1.54) is 18.2 Å². The van der Waals surface area contributed by atoms with Gasteiger partial charge in [0.25, 0.3) is 5.91 Å². The first-order chi connectivity index (χ1) is 25.8. The number of aromatic nitrogens is 1. The SMILES string of the molecule is COC(=O)[C@H](Cc1ccc(I)cc1)NC(=O)[C@H](Cc1ccccc1)NC(=O)[C@H](CC(C)C)NC(=O)[C@@H]1CCN1C(=O)[C@@H](NC(=O)c1ccccn1)C(C)C. The van der Waals surface area contributed by atoms with Crippen molar-refractivity contribution in [1.82, 2.24) is 31.2 Å². The van der Waals surface area contributed by atoms with E-state index >= 15 is 0 Å². The minimum Gasteiger partial charge on any atom is -0.467 e. The van der Waals surface area contributed by atoms with Crippen LogP contribution in [0.2, 0.25) is 0 Å². The Morgan fingerprint density at radius 2 is 1.39 bits per heavy atom. The summed E-state index contributed by atoms with van der Waals surface area (Å²) in [6.45, 7) is 7.72. The monoisotopic (exact) mass is 852 g/mol. The Hall–Kier alpha value is -4.86. The largest absolute Gasteiger partial charge is 0.467 e. The lowest BCUT2D eigenvalue weighted by Gasteiger charge is -2.42. The quantitative estimate of drug-likeness (QED) is 0.118. The fourth-order valence-electron chi connectivity index (χ4n) is 6.09. The van der Waals surface area contributed by atoms with E-state index in [2.05, 4.69) is 48.8 Å². The zero-order valence-electron chi connectivity index (χ0n) is 31.2. The number of methoxy groups -OCH3 is 1. The van der Waals surface area contributed by atoms with Gasteiger partial charge in [0.05, 0.1) is 7.11 Å². The molecule has 54 heavy (non-hydrogen) atoms. The molecule has 1 saturated heterocycles. The van der Waals surface area contributed by atoms with Crippen LogP contribution in [0.4, 0.5) is 0 Å². The molecule has 288 valence electrons. The number of likely N-dealkylation sites (tertiary alicyclic amines) is 1. The number of benzene rings is 2. The van der Waals surface area contributed by atoms with Crippen molar-refractivity contribution < 1.29 is 33.5 Å². The van der Waals surface area contributed by atoms with Crippen LogP contribution in [0.5, 0.6) is 0 Å². The van der Waals surface area contributed by atoms with Gasteiger partial charge in [-0.25, -0.2) is 4.79 Å². The number of hydrogen-bond donors (Lipinski definition) is 4. The number of carbonyl (C=O) groups is 6. The first-order valence-corrected chi connectivity index (χ1v) is 19.1. The fraction of sp³-hybridized carbons (Fsp3) is 0.425. The molecule has 0 unspecified atom stereocenters. The summed E-state index contributed by atoms with van der Waals surface area (Å²) < 4.78 is 6.02. The number of nitrogens with one attached hydrogen (secondary N) is 4. The van der Waals surface area contributed by atoms with Crippen LogP contribution in [0.25, 0.3) is 0 Å². The Morgan fingerprint density at radius 1 is 0.778 bits per heavy atom. The van der Waals surface area contributed by atoms with Crippen molar-refractivity contribution in [2.45, 2.75) is 83.6 Å². The molecule has 5 atom stereocenters. The molecule has 0 radical (unpaired) electrons. The molecule has 1 aromatic heterocycles. The van der Waals surface area contributed by atoms with Gasteiger partial charge in [-0.3, -0.25) is 29.0 Å². The van der Waals surface area contributed by atoms with Crippen LogP contribution in [0.3, 0.4) is 0 Å². The maximum absolute atomic E-state index is 14.0. The molecule has 0 saturated carbocycles. The van der Waals surface area contributed by atoms with Gasteiger partial charge < -0.3 is 30.9 Å². The molecule has 4 N–H and O–H groups in total. The smallest absolute Gasteiger partial charge is 0.328 e. The number of amides is 5. The minimum atomic E-state index is -1.10. The third-order valence-electron chi connectivity index (χ3n) is 9.13. The minimum absolute atomic E-state index is 0.0219. The van der Waals surface area contributed by atoms with Gasteiger partial charge in [0, 0.05) is 29.2 Å². The highest BCUT2D eigenvalue weighted by Crippen LogP contribution is 2.22. The van der Waals surface area contributed by atoms with Gasteiger partial charge in [-0.15, -0.1) is 0 Å². The Kier molecular flexibility index (Phi) is 15.5. The molecule has 4 rings (SSSR count). The van der Waals surface area contributed by atoms with Crippen LogP contribution in [0.15, 0.2) is 79.0 Å². The van der Waals surface area contributed by atoms with Crippen LogP contribution in [0, 0.1) is 15.4 Å². The zero-order valence-corrected chi connectivity index (χ0v) is 33.4. The summed E-state index contributed by atoms with van der Waals surface area (Å²) in [7, 11) is 1.25. The average molecular weight is 853 g/mol. The lowest BCUT2D eigenvalue weighted by Crippen LogP contribution is -2.65. The van der Waals surface area contributed by atoms with Crippen molar-refractivity contribution in [3.8, 4) is 0 Å². The van der Waals surface area contributed by atoms with Gasteiger partial charge in [0.15, 0.2) is 0 Å². The Bertz CT molecular complexity index is 1760. The molecule has 1 aliphatic rings. The Balaban J connectivity index is 1.49. The van der Waals surface area contributed by atoms with E-state index in [9.17, 15) is 28.8 Å². The second-order valence-corrected chi connectivity index (χ2v) is 15.3. The topological polar surface area (TPSA) is 176 Å². The molecule has 0 spiro atoms. The van der Waals surface area contributed by atoms with Crippen molar-refractivity contribution in [3.05, 3.63) is 99.4 Å². The third-order valence-corrected chi connectivity index (χ3v) is 9.85. The molecular weight excluding hydrogens is 803 g/mol. The number of pyridine rings is 1. The van der Waals surface area contributed by atoms with E-state index < -0.39 is 65.7 Å². The van der Waals surface area contributed by atoms with Crippen molar-refractivity contribution in [2.75, 3.05) is 13.7 Å². The molecule has 2 heterocycles. The predicted octanol–water partition coefficient (Wildman–Crippen LogP) is 3.20. The number of carbonyl (C=O) groups excluding carboxylic acids is 6. The molecule has 3 aromatic rings. The molecular formula is C40H49IN6O7. The average Bonchev–Trinajstić information content (AvgIpc) is 3.13. The maximum atomic E-state index is 14.0. The zero-order chi connectivity index (χ0) is 39.4. The van der Waals surface area contributed by atoms with E-state index in [0.29, 0.717) is 13.0 Å². The van der Waals surface area contributed by atoms with Crippen LogP contribution in [-0.4, -0.2) is 89.3 Å². The van der Waals surface area contributed by atoms with Crippen LogP contribution >= 0.6 is 22.6 Å². The van der Waals surface area contributed by atoms with Gasteiger partial charge in [-0.05, 0) is 82.7 Å². The standard InChI is InChI=1S/C40H49IN6O7/c1-24(2)21-30(44-38(51)33-18-20-47(33)39(52)34(25(3)4)46-35(48)29-13-9-10-19-42-29)36(49)43-31(22-26-11-7-6-8-12-26)37(50)45-32(40(53)54-5)23-27-14-16-28(41)17-15-27/h6-17,19,24-25,30-34H,18,20-23H2,1-5H3,(H,43,49)(H,44,51)(H,45,50)(H,46,48)/t30-,31-,32-,33-,34-/m0/s1. The highest BCUT2D eigenvalue weighted by molar-refractivity contribution is 14.1. The molecule has 0 bridgehead atoms. The summed E-state index contributed by atoms with van der Waals surface area (Å²) in [4.78, 5) is 86.4. The lowest BCUT2D eigenvalue weighted by atomic mass is 9.95. The van der Waals surface area contributed by atoms with E-state index in [-0.39, 0.29) is 36.8 Å². The van der Waals surface area contributed by atoms with E-state index in [1.807, 2.05) is 68.4 Å². The molecule has 0 aliphatic carbocycles. The molecule has 5 amide bonds. The van der Waals surface area contributed by atoms with Gasteiger partial charge in [-0.1, -0.05) is 76.2 Å². The molecule has 14 heteroatoms. The van der Waals surface area contributed by atoms with Crippen molar-refractivity contribution in [1.29, 1.82) is 0 Å². The summed E-state index contributed by atoms with van der Waals surface area (Å²) in [6.07, 6.45) is 2.41. The van der Waals surface area contributed by atoms with Crippen molar-refractivity contribution in [3.63, 3.8) is 0 Å². The van der Waals surface area contributed by atoms with E-state index in [1.54, 1.807) is 32.0 Å². The molecule has 1 aliphatic heterocycles. The van der Waals surface area contributed by atoms with E-state index in [4.69, 9.17) is 4.74 Å².